The normalized spacial score (nSPS) is 18.2. The highest BCUT2D eigenvalue weighted by Crippen LogP contribution is 2.48. The fourth-order valence-electron chi connectivity index (χ4n) is 5.09. The van der Waals surface area contributed by atoms with Crippen LogP contribution in [0.3, 0.4) is 0 Å². The van der Waals surface area contributed by atoms with Crippen LogP contribution in [0.2, 0.25) is 5.15 Å². The first kappa shape index (κ1) is 19.6. The van der Waals surface area contributed by atoms with Crippen molar-refractivity contribution in [2.24, 2.45) is 0 Å². The summed E-state index contributed by atoms with van der Waals surface area (Å²) < 4.78 is 6.17. The molecular formula is C22H25ClN6O. The van der Waals surface area contributed by atoms with E-state index in [1.165, 1.54) is 17.7 Å². The lowest BCUT2D eigenvalue weighted by molar-refractivity contribution is -0.0120. The minimum Gasteiger partial charge on any atom is -0.372 e. The Balaban J connectivity index is 1.88. The SMILES string of the molecule is COC1(c2nc3c(c(-c4ccnc(Cl)c4)c2-c2nn[nH]n2)CCCCC3)CCCC1. The van der Waals surface area contributed by atoms with Gasteiger partial charge in [0.1, 0.15) is 10.8 Å². The predicted octanol–water partition coefficient (Wildman–Crippen LogP) is 4.66. The second-order valence-electron chi connectivity index (χ2n) is 8.20. The Kier molecular flexibility index (Phi) is 5.25. The van der Waals surface area contributed by atoms with E-state index < -0.39 is 5.60 Å². The van der Waals surface area contributed by atoms with Gasteiger partial charge < -0.3 is 4.74 Å². The van der Waals surface area contributed by atoms with E-state index in [0.717, 1.165) is 73.8 Å². The maximum Gasteiger partial charge on any atom is 0.207 e. The standard InChI is InChI=1S/C22H25ClN6O/c1-30-22(10-5-6-11-22)20-19(21-26-28-29-27-21)18(14-9-12-24-17(23)13-14)15-7-3-2-4-8-16(15)25-20/h9,12-13H,2-8,10-11H2,1H3,(H,26,27,28,29). The second kappa shape index (κ2) is 8.04. The summed E-state index contributed by atoms with van der Waals surface area (Å²) in [5, 5.41) is 15.7. The van der Waals surface area contributed by atoms with E-state index in [9.17, 15) is 0 Å². The first-order chi connectivity index (χ1) is 14.7. The lowest BCUT2D eigenvalue weighted by Gasteiger charge is -2.31. The number of halogens is 1. The summed E-state index contributed by atoms with van der Waals surface area (Å²) in [6.45, 7) is 0. The van der Waals surface area contributed by atoms with Crippen molar-refractivity contribution in [3.63, 3.8) is 0 Å². The Morgan fingerprint density at radius 3 is 2.63 bits per heavy atom. The van der Waals surface area contributed by atoms with Crippen LogP contribution in [0.5, 0.6) is 0 Å². The number of aromatic nitrogens is 6. The maximum atomic E-state index is 6.31. The molecule has 156 valence electrons. The highest BCUT2D eigenvalue weighted by molar-refractivity contribution is 6.29. The van der Waals surface area contributed by atoms with Gasteiger partial charge in [-0.05, 0) is 72.6 Å². The fraction of sp³-hybridized carbons (Fsp3) is 0.500. The first-order valence-electron chi connectivity index (χ1n) is 10.7. The number of nitrogens with one attached hydrogen (secondary N) is 1. The van der Waals surface area contributed by atoms with E-state index in [4.69, 9.17) is 21.3 Å². The van der Waals surface area contributed by atoms with Crippen molar-refractivity contribution in [2.75, 3.05) is 7.11 Å². The van der Waals surface area contributed by atoms with Crippen LogP contribution in [0, 0.1) is 0 Å². The highest BCUT2D eigenvalue weighted by Gasteiger charge is 2.42. The van der Waals surface area contributed by atoms with Gasteiger partial charge in [0.15, 0.2) is 0 Å². The van der Waals surface area contributed by atoms with Crippen molar-refractivity contribution in [1.29, 1.82) is 0 Å². The van der Waals surface area contributed by atoms with Gasteiger partial charge in [0.2, 0.25) is 5.82 Å². The summed E-state index contributed by atoms with van der Waals surface area (Å²) in [5.41, 5.74) is 5.97. The van der Waals surface area contributed by atoms with Crippen molar-refractivity contribution < 1.29 is 4.74 Å². The molecule has 0 aromatic carbocycles. The summed E-state index contributed by atoms with van der Waals surface area (Å²) in [7, 11) is 1.79. The van der Waals surface area contributed by atoms with Crippen molar-refractivity contribution in [3.8, 4) is 22.5 Å². The van der Waals surface area contributed by atoms with Gasteiger partial charge in [-0.3, -0.25) is 4.98 Å². The van der Waals surface area contributed by atoms with E-state index in [1.807, 2.05) is 12.1 Å². The number of ether oxygens (including phenoxy) is 1. The summed E-state index contributed by atoms with van der Waals surface area (Å²) in [6, 6.07) is 3.93. The van der Waals surface area contributed by atoms with Crippen LogP contribution in [-0.4, -0.2) is 37.7 Å². The number of methoxy groups -OCH3 is 1. The van der Waals surface area contributed by atoms with Crippen molar-refractivity contribution in [1.82, 2.24) is 30.6 Å². The van der Waals surface area contributed by atoms with Crippen LogP contribution in [0.4, 0.5) is 0 Å². The highest BCUT2D eigenvalue weighted by atomic mass is 35.5. The molecule has 3 aromatic rings. The zero-order valence-electron chi connectivity index (χ0n) is 17.1. The molecule has 1 N–H and O–H groups in total. The van der Waals surface area contributed by atoms with E-state index in [1.54, 1.807) is 13.3 Å². The summed E-state index contributed by atoms with van der Waals surface area (Å²) in [5.74, 6) is 0.552. The third-order valence-electron chi connectivity index (χ3n) is 6.54. The Morgan fingerprint density at radius 2 is 1.90 bits per heavy atom. The van der Waals surface area contributed by atoms with Crippen LogP contribution in [0.1, 0.15) is 61.9 Å². The second-order valence-corrected chi connectivity index (χ2v) is 8.59. The third kappa shape index (κ3) is 3.30. The number of rotatable bonds is 4. The first-order valence-corrected chi connectivity index (χ1v) is 11.1. The molecule has 0 bridgehead atoms. The number of aryl methyl sites for hydroxylation is 1. The lowest BCUT2D eigenvalue weighted by atomic mass is 9.84. The quantitative estimate of drug-likeness (QED) is 0.483. The third-order valence-corrected chi connectivity index (χ3v) is 6.75. The zero-order valence-corrected chi connectivity index (χ0v) is 17.9. The van der Waals surface area contributed by atoms with Gasteiger partial charge in [-0.15, -0.1) is 10.2 Å². The van der Waals surface area contributed by atoms with Crippen LogP contribution >= 0.6 is 11.6 Å². The maximum absolute atomic E-state index is 6.31. The van der Waals surface area contributed by atoms with E-state index in [0.29, 0.717) is 11.0 Å². The van der Waals surface area contributed by atoms with E-state index in [-0.39, 0.29) is 0 Å². The molecule has 8 heteroatoms. The molecule has 1 saturated carbocycles. The number of hydrogen-bond donors (Lipinski definition) is 1. The molecule has 5 rings (SSSR count). The molecule has 2 aliphatic carbocycles. The van der Waals surface area contributed by atoms with Crippen molar-refractivity contribution >= 4 is 11.6 Å². The fourth-order valence-corrected chi connectivity index (χ4v) is 5.27. The molecule has 0 amide bonds. The minimum absolute atomic E-state index is 0.428. The molecule has 0 saturated heterocycles. The van der Waals surface area contributed by atoms with Crippen molar-refractivity contribution in [2.45, 2.75) is 63.4 Å². The summed E-state index contributed by atoms with van der Waals surface area (Å²) in [6.07, 6.45) is 11.3. The molecule has 7 nitrogen and oxygen atoms in total. The number of pyridine rings is 2. The molecule has 0 atom stereocenters. The molecule has 0 unspecified atom stereocenters. The zero-order chi connectivity index (χ0) is 20.6. The van der Waals surface area contributed by atoms with Gasteiger partial charge in [0, 0.05) is 19.0 Å². The van der Waals surface area contributed by atoms with Gasteiger partial charge in [-0.2, -0.15) is 5.21 Å². The molecule has 2 aliphatic rings. The molecule has 0 aliphatic heterocycles. The molecule has 0 radical (unpaired) electrons. The molecule has 30 heavy (non-hydrogen) atoms. The predicted molar refractivity (Wildman–Crippen MR) is 114 cm³/mol. The summed E-state index contributed by atoms with van der Waals surface area (Å²) in [4.78, 5) is 9.46. The average molecular weight is 425 g/mol. The van der Waals surface area contributed by atoms with Gasteiger partial charge in [-0.25, -0.2) is 4.98 Å². The Bertz CT molecular complexity index is 1050. The number of hydrogen-bond acceptors (Lipinski definition) is 6. The van der Waals surface area contributed by atoms with Crippen LogP contribution in [0.25, 0.3) is 22.5 Å². The molecule has 3 heterocycles. The van der Waals surface area contributed by atoms with E-state index in [2.05, 4.69) is 25.6 Å². The van der Waals surface area contributed by atoms with Gasteiger partial charge in [0.05, 0.1) is 11.3 Å². The Hall–Kier alpha value is -2.38. The smallest absolute Gasteiger partial charge is 0.207 e. The topological polar surface area (TPSA) is 89.5 Å². The number of fused-ring (bicyclic) bond motifs is 1. The molecular weight excluding hydrogens is 400 g/mol. The number of tetrazole rings is 1. The lowest BCUT2D eigenvalue weighted by Crippen LogP contribution is -2.28. The Labute approximate surface area is 180 Å². The number of nitrogens with zero attached hydrogens (tertiary/aromatic N) is 5. The number of H-pyrrole nitrogens is 1. The van der Waals surface area contributed by atoms with Gasteiger partial charge in [-0.1, -0.05) is 30.9 Å². The summed E-state index contributed by atoms with van der Waals surface area (Å²) >= 11 is 6.31. The van der Waals surface area contributed by atoms with Crippen LogP contribution < -0.4 is 0 Å². The molecule has 0 spiro atoms. The minimum atomic E-state index is -0.428. The average Bonchev–Trinajstić information content (AvgIpc) is 3.41. The van der Waals surface area contributed by atoms with Crippen LogP contribution in [-0.2, 0) is 23.2 Å². The number of aromatic amines is 1. The molecule has 1 fully saturated rings. The van der Waals surface area contributed by atoms with Gasteiger partial charge in [0.25, 0.3) is 0 Å². The monoisotopic (exact) mass is 424 g/mol. The Morgan fingerprint density at radius 1 is 1.07 bits per heavy atom. The molecule has 3 aromatic heterocycles. The van der Waals surface area contributed by atoms with Gasteiger partial charge >= 0.3 is 0 Å². The van der Waals surface area contributed by atoms with E-state index >= 15 is 0 Å². The van der Waals surface area contributed by atoms with Crippen molar-refractivity contribution in [3.05, 3.63) is 40.4 Å². The largest absolute Gasteiger partial charge is 0.372 e. The van der Waals surface area contributed by atoms with Crippen LogP contribution in [0.15, 0.2) is 18.3 Å².